The minimum Gasteiger partial charge on any atom is -0.489 e. The molecular weight excluding hydrogens is 279 g/mol. The second-order valence-corrected chi connectivity index (χ2v) is 4.22. The SMILES string of the molecule is NC(=O)c1ccc(COc2ccc([N+](=O)[O-])c(F)c2)cc1. The lowest BCUT2D eigenvalue weighted by Crippen LogP contribution is -2.10. The Bertz CT molecular complexity index is 686. The second kappa shape index (κ2) is 6.00. The third kappa shape index (κ3) is 3.53. The Kier molecular flexibility index (Phi) is 4.13. The topological polar surface area (TPSA) is 95.5 Å². The van der Waals surface area contributed by atoms with Crippen molar-refractivity contribution in [2.45, 2.75) is 6.61 Å². The van der Waals surface area contributed by atoms with Crippen LogP contribution in [0.1, 0.15) is 15.9 Å². The number of nitro benzene ring substituents is 1. The molecule has 0 aromatic heterocycles. The van der Waals surface area contributed by atoms with Crippen molar-refractivity contribution in [3.8, 4) is 5.75 Å². The summed E-state index contributed by atoms with van der Waals surface area (Å²) in [6.45, 7) is 0.135. The molecule has 0 saturated heterocycles. The zero-order valence-electron chi connectivity index (χ0n) is 10.8. The first-order valence-corrected chi connectivity index (χ1v) is 5.93. The van der Waals surface area contributed by atoms with Gasteiger partial charge in [-0.15, -0.1) is 0 Å². The molecule has 21 heavy (non-hydrogen) atoms. The Morgan fingerprint density at radius 1 is 1.24 bits per heavy atom. The molecule has 0 radical (unpaired) electrons. The highest BCUT2D eigenvalue weighted by atomic mass is 19.1. The van der Waals surface area contributed by atoms with Crippen LogP contribution in [0.5, 0.6) is 5.75 Å². The van der Waals surface area contributed by atoms with Gasteiger partial charge in [-0.05, 0) is 23.8 Å². The van der Waals surface area contributed by atoms with Gasteiger partial charge in [0.1, 0.15) is 12.4 Å². The molecule has 7 heteroatoms. The van der Waals surface area contributed by atoms with Gasteiger partial charge in [-0.1, -0.05) is 12.1 Å². The smallest absolute Gasteiger partial charge is 0.305 e. The van der Waals surface area contributed by atoms with Crippen molar-refractivity contribution < 1.29 is 18.8 Å². The minimum atomic E-state index is -0.957. The molecule has 0 aliphatic heterocycles. The van der Waals surface area contributed by atoms with Crippen molar-refractivity contribution >= 4 is 11.6 Å². The third-order valence-electron chi connectivity index (χ3n) is 2.76. The molecule has 2 aromatic rings. The molecule has 0 aliphatic carbocycles. The lowest BCUT2D eigenvalue weighted by atomic mass is 10.1. The average molecular weight is 290 g/mol. The van der Waals surface area contributed by atoms with Crippen molar-refractivity contribution in [2.24, 2.45) is 5.73 Å². The Morgan fingerprint density at radius 2 is 1.90 bits per heavy atom. The summed E-state index contributed by atoms with van der Waals surface area (Å²) in [4.78, 5) is 20.6. The maximum absolute atomic E-state index is 13.4. The van der Waals surface area contributed by atoms with Crippen molar-refractivity contribution in [2.75, 3.05) is 0 Å². The van der Waals surface area contributed by atoms with Crippen LogP contribution in [0.4, 0.5) is 10.1 Å². The van der Waals surface area contributed by atoms with E-state index in [0.717, 1.165) is 17.7 Å². The fourth-order valence-electron chi connectivity index (χ4n) is 1.66. The van der Waals surface area contributed by atoms with Crippen LogP contribution in [0.2, 0.25) is 0 Å². The Labute approximate surface area is 119 Å². The Balaban J connectivity index is 2.04. The molecule has 1 amide bonds. The van der Waals surface area contributed by atoms with Crippen LogP contribution < -0.4 is 10.5 Å². The van der Waals surface area contributed by atoms with Crippen LogP contribution in [0.15, 0.2) is 42.5 Å². The number of carbonyl (C=O) groups is 1. The van der Waals surface area contributed by atoms with E-state index < -0.39 is 22.3 Å². The number of carbonyl (C=O) groups excluding carboxylic acids is 1. The van der Waals surface area contributed by atoms with E-state index >= 15 is 0 Å². The molecule has 2 rings (SSSR count). The van der Waals surface area contributed by atoms with Crippen LogP contribution in [0.25, 0.3) is 0 Å². The predicted octanol–water partition coefficient (Wildman–Crippen LogP) is 2.41. The lowest BCUT2D eigenvalue weighted by molar-refractivity contribution is -0.387. The summed E-state index contributed by atoms with van der Waals surface area (Å²) in [5.41, 5.74) is 5.64. The fraction of sp³-hybridized carbons (Fsp3) is 0.0714. The van der Waals surface area contributed by atoms with Gasteiger partial charge in [-0.25, -0.2) is 0 Å². The number of nitrogens with two attached hydrogens (primary N) is 1. The van der Waals surface area contributed by atoms with Gasteiger partial charge in [-0.2, -0.15) is 4.39 Å². The second-order valence-electron chi connectivity index (χ2n) is 4.22. The van der Waals surface area contributed by atoms with E-state index in [9.17, 15) is 19.3 Å². The molecule has 2 aromatic carbocycles. The average Bonchev–Trinajstić information content (AvgIpc) is 2.45. The molecular formula is C14H11FN2O4. The largest absolute Gasteiger partial charge is 0.489 e. The molecule has 108 valence electrons. The molecule has 6 nitrogen and oxygen atoms in total. The Hall–Kier alpha value is -2.96. The van der Waals surface area contributed by atoms with E-state index in [1.54, 1.807) is 24.3 Å². The number of benzene rings is 2. The van der Waals surface area contributed by atoms with E-state index in [0.29, 0.717) is 5.56 Å². The quantitative estimate of drug-likeness (QED) is 0.675. The van der Waals surface area contributed by atoms with Gasteiger partial charge in [0.05, 0.1) is 4.92 Å². The fourth-order valence-corrected chi connectivity index (χ4v) is 1.66. The number of nitrogens with zero attached hydrogens (tertiary/aromatic N) is 1. The number of primary amides is 1. The summed E-state index contributed by atoms with van der Waals surface area (Å²) in [7, 11) is 0. The maximum Gasteiger partial charge on any atom is 0.305 e. The number of amides is 1. The number of hydrogen-bond acceptors (Lipinski definition) is 4. The zero-order valence-corrected chi connectivity index (χ0v) is 10.8. The number of nitro groups is 1. The first-order valence-electron chi connectivity index (χ1n) is 5.93. The molecule has 0 spiro atoms. The van der Waals surface area contributed by atoms with E-state index in [-0.39, 0.29) is 12.4 Å². The molecule has 0 unspecified atom stereocenters. The summed E-state index contributed by atoms with van der Waals surface area (Å²) in [6, 6.07) is 9.73. The van der Waals surface area contributed by atoms with E-state index in [2.05, 4.69) is 0 Å². The van der Waals surface area contributed by atoms with Crippen LogP contribution in [-0.4, -0.2) is 10.8 Å². The first kappa shape index (κ1) is 14.4. The monoisotopic (exact) mass is 290 g/mol. The number of rotatable bonds is 5. The molecule has 0 fully saturated rings. The third-order valence-corrected chi connectivity index (χ3v) is 2.76. The number of ether oxygens (including phenoxy) is 1. The van der Waals surface area contributed by atoms with Crippen LogP contribution >= 0.6 is 0 Å². The summed E-state index contributed by atoms with van der Waals surface area (Å²) in [5, 5.41) is 10.5. The lowest BCUT2D eigenvalue weighted by Gasteiger charge is -2.07. The van der Waals surface area contributed by atoms with E-state index in [4.69, 9.17) is 10.5 Å². The highest BCUT2D eigenvalue weighted by Gasteiger charge is 2.14. The molecule has 0 aliphatic rings. The number of hydrogen-bond donors (Lipinski definition) is 1. The highest BCUT2D eigenvalue weighted by molar-refractivity contribution is 5.92. The highest BCUT2D eigenvalue weighted by Crippen LogP contribution is 2.23. The van der Waals surface area contributed by atoms with Gasteiger partial charge in [0.25, 0.3) is 0 Å². The summed E-state index contributed by atoms with van der Waals surface area (Å²) >= 11 is 0. The number of halogens is 1. The summed E-state index contributed by atoms with van der Waals surface area (Å²) < 4.78 is 18.7. The van der Waals surface area contributed by atoms with Gasteiger partial charge in [0.2, 0.25) is 11.7 Å². The molecule has 0 saturated carbocycles. The van der Waals surface area contributed by atoms with Crippen molar-refractivity contribution in [3.05, 3.63) is 69.5 Å². The standard InChI is InChI=1S/C14H11FN2O4/c15-12-7-11(5-6-13(12)17(19)20)21-8-9-1-3-10(4-2-9)14(16)18/h1-7H,8H2,(H2,16,18). The van der Waals surface area contributed by atoms with Crippen molar-refractivity contribution in [1.29, 1.82) is 0 Å². The van der Waals surface area contributed by atoms with Gasteiger partial charge in [-0.3, -0.25) is 14.9 Å². The van der Waals surface area contributed by atoms with Crippen molar-refractivity contribution in [3.63, 3.8) is 0 Å². The summed E-state index contributed by atoms with van der Waals surface area (Å²) in [6.07, 6.45) is 0. The van der Waals surface area contributed by atoms with Gasteiger partial charge < -0.3 is 10.5 Å². The van der Waals surface area contributed by atoms with Crippen LogP contribution in [0, 0.1) is 15.9 Å². The zero-order chi connectivity index (χ0) is 15.4. The normalized spacial score (nSPS) is 10.1. The van der Waals surface area contributed by atoms with Crippen LogP contribution in [-0.2, 0) is 6.61 Å². The predicted molar refractivity (Wildman–Crippen MR) is 72.3 cm³/mol. The molecule has 2 N–H and O–H groups in total. The van der Waals surface area contributed by atoms with E-state index in [1.807, 2.05) is 0 Å². The molecule has 0 atom stereocenters. The van der Waals surface area contributed by atoms with Gasteiger partial charge >= 0.3 is 5.69 Å². The maximum atomic E-state index is 13.4. The molecule has 0 bridgehead atoms. The molecule has 0 heterocycles. The van der Waals surface area contributed by atoms with Gasteiger partial charge in [0.15, 0.2) is 0 Å². The minimum absolute atomic E-state index is 0.135. The Morgan fingerprint density at radius 3 is 2.43 bits per heavy atom. The van der Waals surface area contributed by atoms with E-state index in [1.165, 1.54) is 6.07 Å². The van der Waals surface area contributed by atoms with Crippen molar-refractivity contribution in [1.82, 2.24) is 0 Å². The van der Waals surface area contributed by atoms with Crippen LogP contribution in [0.3, 0.4) is 0 Å². The van der Waals surface area contributed by atoms with Gasteiger partial charge in [0, 0.05) is 17.7 Å². The first-order chi connectivity index (χ1) is 9.97. The summed E-state index contributed by atoms with van der Waals surface area (Å²) in [5.74, 6) is -1.31.